The molecule has 2 aromatic carbocycles. The lowest BCUT2D eigenvalue weighted by molar-refractivity contribution is 0.0953. The molecular weight excluding hydrogens is 414 g/mol. The van der Waals surface area contributed by atoms with Crippen molar-refractivity contribution in [1.82, 2.24) is 10.6 Å². The highest BCUT2D eigenvalue weighted by molar-refractivity contribution is 5.94. The third kappa shape index (κ3) is 11.3. The zero-order valence-electron chi connectivity index (χ0n) is 20.0. The van der Waals surface area contributed by atoms with Crippen LogP contribution in [0.15, 0.2) is 48.5 Å². The minimum Gasteiger partial charge on any atom is -0.733 e. The fourth-order valence-corrected chi connectivity index (χ4v) is 3.78. The second-order valence-corrected chi connectivity index (χ2v) is 8.68. The van der Waals surface area contributed by atoms with E-state index in [0.717, 1.165) is 24.1 Å². The van der Waals surface area contributed by atoms with Crippen LogP contribution in [0.5, 0.6) is 0 Å². The van der Waals surface area contributed by atoms with Crippen molar-refractivity contribution in [3.63, 3.8) is 0 Å². The standard InChI is InChI=1S/C27H40N3O3/c1-2-3-4-5-6-7-8-9-10-11-20-29-27(31)25-16-12-23(13-17-25)21-28-22-24-14-18-26(19-15-24)30(32)33/h12-19,28,32H,2-11,20-22H2,1H3,(H,29,31)/q-1. The zero-order valence-corrected chi connectivity index (χ0v) is 20.0. The normalized spacial score (nSPS) is 10.9. The maximum Gasteiger partial charge on any atom is 0.251 e. The van der Waals surface area contributed by atoms with Gasteiger partial charge in [0.15, 0.2) is 0 Å². The van der Waals surface area contributed by atoms with Gasteiger partial charge >= 0.3 is 0 Å². The molecule has 0 fully saturated rings. The van der Waals surface area contributed by atoms with Crippen molar-refractivity contribution >= 4 is 11.6 Å². The van der Waals surface area contributed by atoms with Gasteiger partial charge in [0, 0.05) is 25.2 Å². The van der Waals surface area contributed by atoms with Crippen molar-refractivity contribution < 1.29 is 10.0 Å². The average molecular weight is 455 g/mol. The number of benzene rings is 2. The molecule has 182 valence electrons. The topological polar surface area (TPSA) is 87.7 Å². The molecule has 6 nitrogen and oxygen atoms in total. The van der Waals surface area contributed by atoms with Gasteiger partial charge in [-0.2, -0.15) is 0 Å². The Labute approximate surface area is 198 Å². The zero-order chi connectivity index (χ0) is 23.7. The number of nitrogens with one attached hydrogen (secondary N) is 2. The molecule has 33 heavy (non-hydrogen) atoms. The van der Waals surface area contributed by atoms with Gasteiger partial charge in [0.2, 0.25) is 0 Å². The van der Waals surface area contributed by atoms with Gasteiger partial charge in [-0.05, 0) is 41.8 Å². The number of carbonyl (C=O) groups excluding carboxylic acids is 1. The Morgan fingerprint density at radius 3 is 1.79 bits per heavy atom. The van der Waals surface area contributed by atoms with Crippen LogP contribution >= 0.6 is 0 Å². The number of hydrogen-bond donors (Lipinski definition) is 3. The van der Waals surface area contributed by atoms with Crippen LogP contribution in [0.1, 0.15) is 92.6 Å². The summed E-state index contributed by atoms with van der Waals surface area (Å²) in [5.74, 6) is -0.0122. The molecule has 0 aromatic heterocycles. The Hall–Kier alpha value is -2.41. The molecule has 0 atom stereocenters. The molecule has 0 unspecified atom stereocenters. The molecule has 0 aliphatic rings. The molecule has 0 saturated carbocycles. The first-order chi connectivity index (χ1) is 16.1. The lowest BCUT2D eigenvalue weighted by Gasteiger charge is -2.21. The molecule has 2 aromatic rings. The third-order valence-corrected chi connectivity index (χ3v) is 5.85. The van der Waals surface area contributed by atoms with E-state index >= 15 is 0 Å². The summed E-state index contributed by atoms with van der Waals surface area (Å²) in [5, 5.41) is 25.9. The van der Waals surface area contributed by atoms with Gasteiger partial charge in [-0.1, -0.05) is 89.0 Å². The van der Waals surface area contributed by atoms with E-state index in [-0.39, 0.29) is 16.8 Å². The number of hydrogen-bond acceptors (Lipinski definition) is 5. The predicted molar refractivity (Wildman–Crippen MR) is 135 cm³/mol. The number of amides is 1. The maximum absolute atomic E-state index is 12.3. The Kier molecular flexibility index (Phi) is 13.2. The third-order valence-electron chi connectivity index (χ3n) is 5.85. The lowest BCUT2D eigenvalue weighted by atomic mass is 10.1. The van der Waals surface area contributed by atoms with Crippen LogP contribution in [-0.4, -0.2) is 17.7 Å². The van der Waals surface area contributed by atoms with E-state index in [9.17, 15) is 10.0 Å². The van der Waals surface area contributed by atoms with E-state index in [1.165, 1.54) is 57.8 Å². The molecule has 6 heteroatoms. The van der Waals surface area contributed by atoms with Crippen LogP contribution in [0.25, 0.3) is 0 Å². The smallest absolute Gasteiger partial charge is 0.251 e. The number of unbranched alkanes of at least 4 members (excludes halogenated alkanes) is 9. The van der Waals surface area contributed by atoms with Gasteiger partial charge in [0.25, 0.3) is 5.91 Å². The van der Waals surface area contributed by atoms with Crippen molar-refractivity contribution in [2.24, 2.45) is 0 Å². The minimum absolute atomic E-state index is 0.0122. The first-order valence-corrected chi connectivity index (χ1v) is 12.4. The van der Waals surface area contributed by atoms with Crippen LogP contribution in [0, 0.1) is 5.21 Å². The van der Waals surface area contributed by atoms with Crippen molar-refractivity contribution in [3.8, 4) is 0 Å². The Bertz CT molecular complexity index is 776. The summed E-state index contributed by atoms with van der Waals surface area (Å²) in [5.41, 5.74) is 3.01. The van der Waals surface area contributed by atoms with Crippen molar-refractivity contribution in [2.75, 3.05) is 11.8 Å². The Balaban J connectivity index is 1.55. The number of carbonyl (C=O) groups is 1. The largest absolute Gasteiger partial charge is 0.733 e. The summed E-state index contributed by atoms with van der Waals surface area (Å²) in [6.45, 7) is 4.31. The van der Waals surface area contributed by atoms with Crippen molar-refractivity contribution in [3.05, 3.63) is 70.4 Å². The molecule has 0 aliphatic carbocycles. The van der Waals surface area contributed by atoms with Crippen molar-refractivity contribution in [1.29, 1.82) is 0 Å². The van der Waals surface area contributed by atoms with E-state index in [0.29, 0.717) is 18.7 Å². The number of anilines is 1. The van der Waals surface area contributed by atoms with E-state index in [4.69, 9.17) is 5.21 Å². The van der Waals surface area contributed by atoms with Crippen LogP contribution in [0.4, 0.5) is 5.69 Å². The molecule has 3 N–H and O–H groups in total. The summed E-state index contributed by atoms with van der Waals surface area (Å²) >= 11 is 0. The summed E-state index contributed by atoms with van der Waals surface area (Å²) in [7, 11) is 0. The summed E-state index contributed by atoms with van der Waals surface area (Å²) in [4.78, 5) is 12.3. The van der Waals surface area contributed by atoms with Gasteiger partial charge < -0.3 is 21.1 Å². The van der Waals surface area contributed by atoms with Crippen molar-refractivity contribution in [2.45, 2.75) is 84.2 Å². The molecule has 0 aliphatic heterocycles. The molecular formula is C27H40N3O3-. The Morgan fingerprint density at radius 2 is 1.27 bits per heavy atom. The van der Waals surface area contributed by atoms with Crippen LogP contribution in [-0.2, 0) is 13.1 Å². The van der Waals surface area contributed by atoms with Gasteiger partial charge in [-0.15, -0.1) is 0 Å². The molecule has 0 spiro atoms. The van der Waals surface area contributed by atoms with E-state index in [2.05, 4.69) is 17.6 Å². The monoisotopic (exact) mass is 454 g/mol. The first-order valence-electron chi connectivity index (χ1n) is 12.4. The molecule has 2 rings (SSSR count). The van der Waals surface area contributed by atoms with E-state index in [1.54, 1.807) is 24.3 Å². The fourth-order valence-electron chi connectivity index (χ4n) is 3.78. The van der Waals surface area contributed by atoms with Gasteiger partial charge in [-0.3, -0.25) is 10.0 Å². The van der Waals surface area contributed by atoms with Crippen LogP contribution in [0.2, 0.25) is 0 Å². The average Bonchev–Trinajstić information content (AvgIpc) is 2.83. The highest BCUT2D eigenvalue weighted by Crippen LogP contribution is 2.13. The number of rotatable bonds is 17. The second kappa shape index (κ2) is 16.2. The maximum atomic E-state index is 12.3. The van der Waals surface area contributed by atoms with Crippen LogP contribution in [0.3, 0.4) is 0 Å². The first kappa shape index (κ1) is 26.8. The molecule has 0 radical (unpaired) electrons. The molecule has 1 amide bonds. The predicted octanol–water partition coefficient (Wildman–Crippen LogP) is 6.32. The lowest BCUT2D eigenvalue weighted by Crippen LogP contribution is -2.24. The quantitative estimate of drug-likeness (QED) is 0.192. The van der Waals surface area contributed by atoms with E-state index in [1.807, 2.05) is 24.3 Å². The SMILES string of the molecule is CCCCCCCCCCCCNC(=O)c1ccc(CNCc2ccc(N([O-])O)cc2)cc1. The van der Waals surface area contributed by atoms with Gasteiger partial charge in [0.1, 0.15) is 0 Å². The van der Waals surface area contributed by atoms with Gasteiger partial charge in [-0.25, -0.2) is 0 Å². The second-order valence-electron chi connectivity index (χ2n) is 8.68. The summed E-state index contributed by atoms with van der Waals surface area (Å²) in [6.07, 6.45) is 12.9. The van der Waals surface area contributed by atoms with Crippen LogP contribution < -0.4 is 15.9 Å². The highest BCUT2D eigenvalue weighted by Gasteiger charge is 2.05. The van der Waals surface area contributed by atoms with E-state index < -0.39 is 0 Å². The molecule has 0 heterocycles. The highest BCUT2D eigenvalue weighted by atomic mass is 16.8. The minimum atomic E-state index is -0.147. The summed E-state index contributed by atoms with van der Waals surface area (Å²) in [6, 6.07) is 14.4. The Morgan fingerprint density at radius 1 is 0.788 bits per heavy atom. The molecule has 0 saturated heterocycles. The number of nitrogens with zero attached hydrogens (tertiary/aromatic N) is 1. The van der Waals surface area contributed by atoms with Gasteiger partial charge in [0.05, 0.1) is 5.69 Å². The summed E-state index contributed by atoms with van der Waals surface area (Å²) < 4.78 is 0. The molecule has 0 bridgehead atoms. The fraction of sp³-hybridized carbons (Fsp3) is 0.519.